The molecule has 1 fully saturated rings. The number of carbonyl (C=O) groups excluding carboxylic acids is 2. The van der Waals surface area contributed by atoms with Crippen LogP contribution in [0.5, 0.6) is 0 Å². The fraction of sp³-hybridized carbons (Fsp3) is 0.300. The summed E-state index contributed by atoms with van der Waals surface area (Å²) < 4.78 is 10.5. The van der Waals surface area contributed by atoms with Gasteiger partial charge >= 0.3 is 0 Å². The Bertz CT molecular complexity index is 926. The highest BCUT2D eigenvalue weighted by molar-refractivity contribution is 5.96. The van der Waals surface area contributed by atoms with Crippen molar-refractivity contribution in [3.05, 3.63) is 60.2 Å². The molecule has 1 saturated heterocycles. The number of ether oxygens (including phenoxy) is 1. The van der Waals surface area contributed by atoms with Crippen LogP contribution in [0.1, 0.15) is 16.1 Å². The van der Waals surface area contributed by atoms with E-state index in [0.717, 1.165) is 16.5 Å². The summed E-state index contributed by atoms with van der Waals surface area (Å²) in [6, 6.07) is 10.5. The van der Waals surface area contributed by atoms with Gasteiger partial charge in [0, 0.05) is 36.6 Å². The Hall–Kier alpha value is -3.06. The maximum atomic E-state index is 13.1. The molecule has 0 radical (unpaired) electrons. The van der Waals surface area contributed by atoms with E-state index in [-0.39, 0.29) is 11.7 Å². The van der Waals surface area contributed by atoms with Gasteiger partial charge in [-0.25, -0.2) is 0 Å². The Balaban J connectivity index is 1.58. The van der Waals surface area contributed by atoms with Crippen molar-refractivity contribution >= 4 is 22.7 Å². The third-order valence-corrected chi connectivity index (χ3v) is 4.77. The van der Waals surface area contributed by atoms with Crippen LogP contribution >= 0.6 is 0 Å². The number of amides is 2. The van der Waals surface area contributed by atoms with Crippen molar-refractivity contribution in [2.24, 2.45) is 0 Å². The molecule has 0 spiro atoms. The van der Waals surface area contributed by atoms with E-state index in [9.17, 15) is 9.59 Å². The largest absolute Gasteiger partial charge is 0.459 e. The molecular weight excluding hydrogens is 346 g/mol. The molecule has 7 heteroatoms. The first-order valence-electron chi connectivity index (χ1n) is 8.98. The predicted octanol–water partition coefficient (Wildman–Crippen LogP) is 1.96. The topological polar surface area (TPSA) is 87.6 Å². The summed E-state index contributed by atoms with van der Waals surface area (Å²) in [7, 11) is 0. The first-order chi connectivity index (χ1) is 13.2. The predicted molar refractivity (Wildman–Crippen MR) is 99.4 cm³/mol. The zero-order valence-electron chi connectivity index (χ0n) is 14.8. The van der Waals surface area contributed by atoms with Crippen molar-refractivity contribution in [2.75, 3.05) is 26.3 Å². The summed E-state index contributed by atoms with van der Waals surface area (Å²) in [6.45, 7) is 2.08. The number of rotatable bonds is 5. The molecule has 3 heterocycles. The SMILES string of the molecule is O=C(N[C@H](Cc1c[nH]c2ccccc12)C(=O)N1CCOCC1)c1ccco1. The number of hydrogen-bond acceptors (Lipinski definition) is 4. The number of aromatic nitrogens is 1. The van der Waals surface area contributed by atoms with E-state index in [4.69, 9.17) is 9.15 Å². The van der Waals surface area contributed by atoms with Gasteiger partial charge in [0.25, 0.3) is 5.91 Å². The average molecular weight is 367 g/mol. The number of aromatic amines is 1. The highest BCUT2D eigenvalue weighted by Gasteiger charge is 2.29. The van der Waals surface area contributed by atoms with Crippen molar-refractivity contribution in [1.29, 1.82) is 0 Å². The number of furan rings is 1. The van der Waals surface area contributed by atoms with E-state index < -0.39 is 11.9 Å². The van der Waals surface area contributed by atoms with Gasteiger partial charge in [0.05, 0.1) is 19.5 Å². The van der Waals surface area contributed by atoms with Gasteiger partial charge in [0.1, 0.15) is 6.04 Å². The summed E-state index contributed by atoms with van der Waals surface area (Å²) in [6.07, 6.45) is 3.73. The Morgan fingerprint density at radius 3 is 2.74 bits per heavy atom. The van der Waals surface area contributed by atoms with E-state index in [1.807, 2.05) is 30.5 Å². The maximum Gasteiger partial charge on any atom is 0.287 e. The van der Waals surface area contributed by atoms with Gasteiger partial charge < -0.3 is 24.4 Å². The average Bonchev–Trinajstić information content (AvgIpc) is 3.38. The van der Waals surface area contributed by atoms with Crippen molar-refractivity contribution in [3.8, 4) is 0 Å². The Kier molecular flexibility index (Phi) is 4.93. The van der Waals surface area contributed by atoms with Gasteiger partial charge in [-0.2, -0.15) is 0 Å². The summed E-state index contributed by atoms with van der Waals surface area (Å²) in [5.74, 6) is -0.316. The summed E-state index contributed by atoms with van der Waals surface area (Å²) in [4.78, 5) is 30.5. The molecule has 1 aromatic carbocycles. The molecule has 3 aromatic rings. The number of nitrogens with one attached hydrogen (secondary N) is 2. The first kappa shape index (κ1) is 17.4. The van der Waals surface area contributed by atoms with E-state index >= 15 is 0 Å². The minimum atomic E-state index is -0.681. The quantitative estimate of drug-likeness (QED) is 0.722. The van der Waals surface area contributed by atoms with Gasteiger partial charge in [0.15, 0.2) is 5.76 Å². The lowest BCUT2D eigenvalue weighted by Crippen LogP contribution is -2.52. The smallest absolute Gasteiger partial charge is 0.287 e. The number of hydrogen-bond donors (Lipinski definition) is 2. The van der Waals surface area contributed by atoms with Gasteiger partial charge in [0.2, 0.25) is 5.91 Å². The van der Waals surface area contributed by atoms with Crippen LogP contribution in [0.3, 0.4) is 0 Å². The second-order valence-corrected chi connectivity index (χ2v) is 6.50. The number of nitrogens with zero attached hydrogens (tertiary/aromatic N) is 1. The minimum absolute atomic E-state index is 0.108. The monoisotopic (exact) mass is 367 g/mol. The Labute approximate surface area is 156 Å². The zero-order chi connectivity index (χ0) is 18.6. The Morgan fingerprint density at radius 2 is 1.96 bits per heavy atom. The molecule has 2 N–H and O–H groups in total. The number of benzene rings is 1. The summed E-state index contributed by atoms with van der Waals surface area (Å²) in [5, 5.41) is 3.89. The normalized spacial score (nSPS) is 15.6. The third-order valence-electron chi connectivity index (χ3n) is 4.77. The van der Waals surface area contributed by atoms with Gasteiger partial charge in [-0.15, -0.1) is 0 Å². The molecule has 27 heavy (non-hydrogen) atoms. The molecule has 1 aliphatic rings. The van der Waals surface area contributed by atoms with Crippen LogP contribution in [0, 0.1) is 0 Å². The second-order valence-electron chi connectivity index (χ2n) is 6.50. The molecular formula is C20H21N3O4. The lowest BCUT2D eigenvalue weighted by atomic mass is 10.0. The lowest BCUT2D eigenvalue weighted by Gasteiger charge is -2.30. The fourth-order valence-corrected chi connectivity index (χ4v) is 3.36. The van der Waals surface area contributed by atoms with E-state index in [1.54, 1.807) is 17.0 Å². The van der Waals surface area contributed by atoms with Crippen LogP contribution in [-0.2, 0) is 16.0 Å². The maximum absolute atomic E-state index is 13.1. The van der Waals surface area contributed by atoms with Gasteiger partial charge in [-0.1, -0.05) is 18.2 Å². The molecule has 2 aromatic heterocycles. The molecule has 1 aliphatic heterocycles. The van der Waals surface area contributed by atoms with E-state index in [2.05, 4.69) is 10.3 Å². The van der Waals surface area contributed by atoms with Crippen LogP contribution < -0.4 is 5.32 Å². The third kappa shape index (κ3) is 3.73. The molecule has 0 unspecified atom stereocenters. The second kappa shape index (κ2) is 7.67. The van der Waals surface area contributed by atoms with E-state index in [0.29, 0.717) is 32.7 Å². The van der Waals surface area contributed by atoms with Crippen LogP contribution in [0.15, 0.2) is 53.3 Å². The number of morpholine rings is 1. The molecule has 140 valence electrons. The molecule has 0 aliphatic carbocycles. The van der Waals surface area contributed by atoms with Crippen molar-refractivity contribution < 1.29 is 18.7 Å². The highest BCUT2D eigenvalue weighted by atomic mass is 16.5. The van der Waals surface area contributed by atoms with Crippen LogP contribution in [0.4, 0.5) is 0 Å². The Morgan fingerprint density at radius 1 is 1.15 bits per heavy atom. The van der Waals surface area contributed by atoms with Crippen LogP contribution in [0.2, 0.25) is 0 Å². The van der Waals surface area contributed by atoms with Crippen LogP contribution in [0.25, 0.3) is 10.9 Å². The minimum Gasteiger partial charge on any atom is -0.459 e. The van der Waals surface area contributed by atoms with Gasteiger partial charge in [-0.05, 0) is 23.8 Å². The molecule has 0 bridgehead atoms. The van der Waals surface area contributed by atoms with E-state index in [1.165, 1.54) is 6.26 Å². The molecule has 0 saturated carbocycles. The molecule has 4 rings (SSSR count). The van der Waals surface area contributed by atoms with Crippen molar-refractivity contribution in [1.82, 2.24) is 15.2 Å². The zero-order valence-corrected chi connectivity index (χ0v) is 14.8. The molecule has 1 atom stereocenters. The summed E-state index contributed by atoms with van der Waals surface area (Å²) in [5.41, 5.74) is 1.99. The standard InChI is InChI=1S/C20H21N3O4/c24-19(18-6-3-9-27-18)22-17(20(25)23-7-10-26-11-8-23)12-14-13-21-16-5-2-1-4-15(14)16/h1-6,9,13,17,21H,7-8,10-12H2,(H,22,24)/t17-/m1/s1. The highest BCUT2D eigenvalue weighted by Crippen LogP contribution is 2.20. The van der Waals surface area contributed by atoms with Crippen molar-refractivity contribution in [2.45, 2.75) is 12.5 Å². The lowest BCUT2D eigenvalue weighted by molar-refractivity contribution is -0.137. The number of para-hydroxylation sites is 1. The fourth-order valence-electron chi connectivity index (χ4n) is 3.36. The summed E-state index contributed by atoms with van der Waals surface area (Å²) >= 11 is 0. The van der Waals surface area contributed by atoms with Crippen LogP contribution in [-0.4, -0.2) is 54.0 Å². The molecule has 7 nitrogen and oxygen atoms in total. The number of carbonyl (C=O) groups is 2. The molecule has 2 amide bonds. The first-order valence-corrected chi connectivity index (χ1v) is 8.98. The van der Waals surface area contributed by atoms with Gasteiger partial charge in [-0.3, -0.25) is 9.59 Å². The number of fused-ring (bicyclic) bond motifs is 1. The number of H-pyrrole nitrogens is 1. The van der Waals surface area contributed by atoms with Crippen molar-refractivity contribution in [3.63, 3.8) is 0 Å².